The first-order valence-electron chi connectivity index (χ1n) is 4.71. The van der Waals surface area contributed by atoms with Gasteiger partial charge in [-0.3, -0.25) is 0 Å². The first-order valence-corrected chi connectivity index (χ1v) is 4.71. The maximum Gasteiger partial charge on any atom is 0.0519 e. The first kappa shape index (κ1) is 11.0. The maximum absolute atomic E-state index is 5.36. The lowest BCUT2D eigenvalue weighted by atomic mass is 9.78. The summed E-state index contributed by atoms with van der Waals surface area (Å²) in [4.78, 5) is 0. The van der Waals surface area contributed by atoms with Crippen LogP contribution in [0.5, 0.6) is 0 Å². The third-order valence-corrected chi connectivity index (χ3v) is 2.50. The topological polar surface area (TPSA) is 9.23 Å². The van der Waals surface area contributed by atoms with E-state index in [-0.39, 0.29) is 0 Å². The summed E-state index contributed by atoms with van der Waals surface area (Å²) in [5.74, 6) is 0.825. The molecule has 0 aromatic rings. The molecule has 1 nitrogen and oxygen atoms in total. The summed E-state index contributed by atoms with van der Waals surface area (Å²) in [6.45, 7) is 12.8. The Morgan fingerprint density at radius 1 is 1.27 bits per heavy atom. The fourth-order valence-corrected chi connectivity index (χ4v) is 1.13. The lowest BCUT2D eigenvalue weighted by Gasteiger charge is -2.35. The highest BCUT2D eigenvalue weighted by atomic mass is 16.5. The molecule has 0 amide bonds. The van der Waals surface area contributed by atoms with Crippen molar-refractivity contribution < 1.29 is 4.74 Å². The molecule has 0 aliphatic carbocycles. The Morgan fingerprint density at radius 2 is 1.82 bits per heavy atom. The predicted octanol–water partition coefficient (Wildman–Crippen LogP) is 3.10. The largest absolute Gasteiger partial charge is 0.381 e. The summed E-state index contributed by atoms with van der Waals surface area (Å²) < 4.78 is 5.36. The lowest BCUT2D eigenvalue weighted by molar-refractivity contribution is -0.0247. The molecule has 1 heteroatoms. The zero-order valence-corrected chi connectivity index (χ0v) is 8.61. The van der Waals surface area contributed by atoms with Crippen LogP contribution in [0.25, 0.3) is 0 Å². The zero-order valence-electron chi connectivity index (χ0n) is 8.61. The summed E-state index contributed by atoms with van der Waals surface area (Å²) in [5.41, 5.74) is 0.415. The Morgan fingerprint density at radius 3 is 2.09 bits per heavy atom. The van der Waals surface area contributed by atoms with E-state index < -0.39 is 0 Å². The van der Waals surface area contributed by atoms with Gasteiger partial charge in [0, 0.05) is 6.61 Å². The van der Waals surface area contributed by atoms with Crippen molar-refractivity contribution in [3.8, 4) is 0 Å². The second-order valence-electron chi connectivity index (χ2n) is 3.73. The molecule has 68 valence electrons. The lowest BCUT2D eigenvalue weighted by Crippen LogP contribution is -2.33. The summed E-state index contributed by atoms with van der Waals surface area (Å²) in [7, 11) is 0. The van der Waals surface area contributed by atoms with E-state index >= 15 is 0 Å². The number of hydrogen-bond acceptors (Lipinski definition) is 1. The standard InChI is InChI=1S/C8H16O.C2H6/c1-7-4-5-9-6-8(7,2)3;1-2/h7H,4-6H2,1-3H3;1-2H3. The third-order valence-electron chi connectivity index (χ3n) is 2.50. The molecule has 0 bridgehead atoms. The van der Waals surface area contributed by atoms with Crippen LogP contribution >= 0.6 is 0 Å². The smallest absolute Gasteiger partial charge is 0.0519 e. The Hall–Kier alpha value is -0.0400. The molecule has 1 unspecified atom stereocenters. The molecule has 1 aliphatic heterocycles. The first-order chi connectivity index (χ1) is 5.13. The molecule has 0 aromatic carbocycles. The average Bonchev–Trinajstić information content (AvgIpc) is 2.00. The molecule has 0 spiro atoms. The zero-order chi connectivity index (χ0) is 8.91. The Kier molecular flexibility index (Phi) is 4.74. The van der Waals surface area contributed by atoms with E-state index in [1.54, 1.807) is 0 Å². The predicted molar refractivity (Wildman–Crippen MR) is 49.7 cm³/mol. The summed E-state index contributed by atoms with van der Waals surface area (Å²) >= 11 is 0. The van der Waals surface area contributed by atoms with Gasteiger partial charge in [-0.25, -0.2) is 0 Å². The molecule has 0 saturated carbocycles. The van der Waals surface area contributed by atoms with Gasteiger partial charge in [-0.2, -0.15) is 0 Å². The molecule has 0 N–H and O–H groups in total. The minimum Gasteiger partial charge on any atom is -0.381 e. The molecule has 1 atom stereocenters. The Labute approximate surface area is 71.1 Å². The van der Waals surface area contributed by atoms with Crippen LogP contribution in [-0.4, -0.2) is 13.2 Å². The maximum atomic E-state index is 5.36. The fourth-order valence-electron chi connectivity index (χ4n) is 1.13. The molecule has 1 fully saturated rings. The van der Waals surface area contributed by atoms with E-state index in [9.17, 15) is 0 Å². The van der Waals surface area contributed by atoms with Crippen molar-refractivity contribution in [2.75, 3.05) is 13.2 Å². The van der Waals surface area contributed by atoms with E-state index in [0.717, 1.165) is 19.1 Å². The third kappa shape index (κ3) is 3.24. The highest BCUT2D eigenvalue weighted by Gasteiger charge is 2.28. The van der Waals surface area contributed by atoms with Gasteiger partial charge in [-0.05, 0) is 17.8 Å². The van der Waals surface area contributed by atoms with Crippen LogP contribution in [-0.2, 0) is 4.74 Å². The number of ether oxygens (including phenoxy) is 1. The van der Waals surface area contributed by atoms with Crippen molar-refractivity contribution in [2.45, 2.75) is 41.0 Å². The van der Waals surface area contributed by atoms with Crippen molar-refractivity contribution >= 4 is 0 Å². The normalized spacial score (nSPS) is 28.6. The Balaban J connectivity index is 0.000000461. The minimum absolute atomic E-state index is 0.415. The SMILES string of the molecule is CC.CC1CCOCC1(C)C. The monoisotopic (exact) mass is 158 g/mol. The van der Waals surface area contributed by atoms with Gasteiger partial charge in [0.15, 0.2) is 0 Å². The van der Waals surface area contributed by atoms with Crippen molar-refractivity contribution in [3.63, 3.8) is 0 Å². The van der Waals surface area contributed by atoms with Gasteiger partial charge in [0.25, 0.3) is 0 Å². The minimum atomic E-state index is 0.415. The van der Waals surface area contributed by atoms with Crippen LogP contribution in [0.3, 0.4) is 0 Å². The van der Waals surface area contributed by atoms with Gasteiger partial charge in [0.2, 0.25) is 0 Å². The number of hydrogen-bond donors (Lipinski definition) is 0. The van der Waals surface area contributed by atoms with Gasteiger partial charge >= 0.3 is 0 Å². The second kappa shape index (κ2) is 4.76. The quantitative estimate of drug-likeness (QED) is 0.526. The number of rotatable bonds is 0. The molecule has 1 rings (SSSR count). The van der Waals surface area contributed by atoms with Crippen LogP contribution in [0.2, 0.25) is 0 Å². The van der Waals surface area contributed by atoms with Crippen LogP contribution in [0.1, 0.15) is 41.0 Å². The van der Waals surface area contributed by atoms with Crippen LogP contribution in [0, 0.1) is 11.3 Å². The van der Waals surface area contributed by atoms with Gasteiger partial charge in [0.1, 0.15) is 0 Å². The Bertz CT molecular complexity index is 97.0. The van der Waals surface area contributed by atoms with E-state index in [1.807, 2.05) is 13.8 Å². The van der Waals surface area contributed by atoms with Crippen LogP contribution < -0.4 is 0 Å². The molecule has 0 radical (unpaired) electrons. The van der Waals surface area contributed by atoms with Gasteiger partial charge in [-0.1, -0.05) is 34.6 Å². The van der Waals surface area contributed by atoms with E-state index in [0.29, 0.717) is 5.41 Å². The van der Waals surface area contributed by atoms with E-state index in [1.165, 1.54) is 6.42 Å². The summed E-state index contributed by atoms with van der Waals surface area (Å²) in [5, 5.41) is 0. The van der Waals surface area contributed by atoms with E-state index in [2.05, 4.69) is 20.8 Å². The van der Waals surface area contributed by atoms with Crippen molar-refractivity contribution in [3.05, 3.63) is 0 Å². The van der Waals surface area contributed by atoms with Crippen molar-refractivity contribution in [2.24, 2.45) is 11.3 Å². The molecule has 1 heterocycles. The van der Waals surface area contributed by atoms with Crippen molar-refractivity contribution in [1.29, 1.82) is 0 Å². The molecular formula is C10H22O. The van der Waals surface area contributed by atoms with Crippen LogP contribution in [0.15, 0.2) is 0 Å². The van der Waals surface area contributed by atoms with Gasteiger partial charge in [0.05, 0.1) is 6.61 Å². The second-order valence-corrected chi connectivity index (χ2v) is 3.73. The fraction of sp³-hybridized carbons (Fsp3) is 1.00. The summed E-state index contributed by atoms with van der Waals surface area (Å²) in [6, 6.07) is 0. The highest BCUT2D eigenvalue weighted by Crippen LogP contribution is 2.32. The van der Waals surface area contributed by atoms with E-state index in [4.69, 9.17) is 4.74 Å². The molecule has 1 saturated heterocycles. The van der Waals surface area contributed by atoms with Crippen molar-refractivity contribution in [1.82, 2.24) is 0 Å². The van der Waals surface area contributed by atoms with Crippen LogP contribution in [0.4, 0.5) is 0 Å². The molecule has 0 aromatic heterocycles. The van der Waals surface area contributed by atoms with Gasteiger partial charge < -0.3 is 4.74 Å². The summed E-state index contributed by atoms with van der Waals surface area (Å²) in [6.07, 6.45) is 1.23. The highest BCUT2D eigenvalue weighted by molar-refractivity contribution is 4.77. The molecular weight excluding hydrogens is 136 g/mol. The average molecular weight is 158 g/mol. The van der Waals surface area contributed by atoms with Gasteiger partial charge in [-0.15, -0.1) is 0 Å². The molecule has 1 aliphatic rings. The molecule has 11 heavy (non-hydrogen) atoms.